The van der Waals surface area contributed by atoms with E-state index in [0.29, 0.717) is 10.0 Å². The van der Waals surface area contributed by atoms with Crippen molar-refractivity contribution < 1.29 is 5.11 Å². The lowest BCUT2D eigenvalue weighted by molar-refractivity contribution is 0.0778. The van der Waals surface area contributed by atoms with Crippen LogP contribution in [0.3, 0.4) is 0 Å². The molecule has 15 heavy (non-hydrogen) atoms. The van der Waals surface area contributed by atoms with Crippen molar-refractivity contribution in [3.8, 4) is 0 Å². The van der Waals surface area contributed by atoms with Crippen molar-refractivity contribution >= 4 is 35.0 Å². The van der Waals surface area contributed by atoms with Crippen molar-refractivity contribution in [1.29, 1.82) is 0 Å². The fraction of sp³-hybridized carbons (Fsp3) is 0.455. The Morgan fingerprint density at radius 3 is 2.60 bits per heavy atom. The minimum Gasteiger partial charge on any atom is -0.390 e. The van der Waals surface area contributed by atoms with Crippen LogP contribution in [0.15, 0.2) is 23.1 Å². The first-order chi connectivity index (χ1) is 6.88. The molecule has 4 heteroatoms. The van der Waals surface area contributed by atoms with Crippen LogP contribution in [-0.2, 0) is 0 Å². The van der Waals surface area contributed by atoms with Gasteiger partial charge in [0.05, 0.1) is 10.6 Å². The smallest absolute Gasteiger partial charge is 0.0599 e. The summed E-state index contributed by atoms with van der Waals surface area (Å²) in [4.78, 5) is 0.966. The maximum atomic E-state index is 9.55. The van der Waals surface area contributed by atoms with Gasteiger partial charge in [-0.3, -0.25) is 0 Å². The molecule has 0 unspecified atom stereocenters. The van der Waals surface area contributed by atoms with Gasteiger partial charge >= 0.3 is 0 Å². The van der Waals surface area contributed by atoms with Crippen molar-refractivity contribution in [3.63, 3.8) is 0 Å². The van der Waals surface area contributed by atoms with E-state index in [1.165, 1.54) is 0 Å². The zero-order chi connectivity index (χ0) is 11.5. The van der Waals surface area contributed by atoms with Crippen molar-refractivity contribution in [1.82, 2.24) is 0 Å². The summed E-state index contributed by atoms with van der Waals surface area (Å²) in [6, 6.07) is 5.40. The number of benzene rings is 1. The van der Waals surface area contributed by atoms with Crippen LogP contribution < -0.4 is 0 Å². The minimum absolute atomic E-state index is 0.627. The van der Waals surface area contributed by atoms with Gasteiger partial charge in [0, 0.05) is 15.7 Å². The van der Waals surface area contributed by atoms with Gasteiger partial charge < -0.3 is 5.11 Å². The summed E-state index contributed by atoms with van der Waals surface area (Å²) in [5.74, 6) is 0.823. The predicted molar refractivity (Wildman–Crippen MR) is 68.1 cm³/mol. The Bertz CT molecular complexity index is 334. The normalized spacial score (nSPS) is 11.8. The van der Waals surface area contributed by atoms with Gasteiger partial charge in [0.25, 0.3) is 0 Å². The average Bonchev–Trinajstić information content (AvgIpc) is 2.09. The van der Waals surface area contributed by atoms with Crippen LogP contribution in [0.4, 0.5) is 0 Å². The molecule has 0 amide bonds. The molecule has 0 fully saturated rings. The molecule has 0 bridgehead atoms. The summed E-state index contributed by atoms with van der Waals surface area (Å²) >= 11 is 13.5. The third-order valence-electron chi connectivity index (χ3n) is 1.86. The molecule has 0 aliphatic rings. The van der Waals surface area contributed by atoms with E-state index >= 15 is 0 Å². The molecule has 1 nitrogen and oxygen atoms in total. The van der Waals surface area contributed by atoms with Crippen LogP contribution in [0, 0.1) is 0 Å². The van der Waals surface area contributed by atoms with Gasteiger partial charge in [-0.05, 0) is 38.5 Å². The summed E-state index contributed by atoms with van der Waals surface area (Å²) in [5.41, 5.74) is -0.627. The van der Waals surface area contributed by atoms with Gasteiger partial charge in [-0.1, -0.05) is 23.2 Å². The molecule has 0 saturated heterocycles. The van der Waals surface area contributed by atoms with E-state index in [9.17, 15) is 5.11 Å². The van der Waals surface area contributed by atoms with Crippen LogP contribution >= 0.6 is 35.0 Å². The molecule has 0 spiro atoms. The van der Waals surface area contributed by atoms with Crippen molar-refractivity contribution in [2.24, 2.45) is 0 Å². The molecular weight excluding hydrogens is 251 g/mol. The van der Waals surface area contributed by atoms with E-state index in [2.05, 4.69) is 0 Å². The molecule has 0 heterocycles. The van der Waals surface area contributed by atoms with Gasteiger partial charge in [0.2, 0.25) is 0 Å². The summed E-state index contributed by atoms with van der Waals surface area (Å²) in [6.07, 6.45) is 0.723. The third-order valence-corrected chi connectivity index (χ3v) is 3.60. The predicted octanol–water partition coefficient (Wildman–Crippen LogP) is 4.25. The molecule has 0 saturated carbocycles. The number of hydrogen-bond acceptors (Lipinski definition) is 2. The Morgan fingerprint density at radius 2 is 2.00 bits per heavy atom. The molecule has 0 atom stereocenters. The van der Waals surface area contributed by atoms with Crippen LogP contribution in [-0.4, -0.2) is 16.5 Å². The lowest BCUT2D eigenvalue weighted by Gasteiger charge is -2.16. The molecule has 0 aromatic heterocycles. The van der Waals surface area contributed by atoms with Crippen LogP contribution in [0.2, 0.25) is 10.0 Å². The van der Waals surface area contributed by atoms with E-state index in [4.69, 9.17) is 23.2 Å². The van der Waals surface area contributed by atoms with Gasteiger partial charge in [-0.2, -0.15) is 0 Å². The molecule has 1 N–H and O–H groups in total. The number of halogens is 2. The molecule has 84 valence electrons. The maximum Gasteiger partial charge on any atom is 0.0599 e. The van der Waals surface area contributed by atoms with Gasteiger partial charge in [-0.15, -0.1) is 11.8 Å². The largest absolute Gasteiger partial charge is 0.390 e. The topological polar surface area (TPSA) is 20.2 Å². The molecule has 0 aliphatic carbocycles. The highest BCUT2D eigenvalue weighted by Crippen LogP contribution is 2.31. The highest BCUT2D eigenvalue weighted by molar-refractivity contribution is 7.99. The Kier molecular flexibility index (Phi) is 4.78. The van der Waals surface area contributed by atoms with Crippen molar-refractivity contribution in [3.05, 3.63) is 28.2 Å². The van der Waals surface area contributed by atoms with Gasteiger partial charge in [0.15, 0.2) is 0 Å². The second-order valence-corrected chi connectivity index (χ2v) is 5.97. The lowest BCUT2D eigenvalue weighted by Crippen LogP contribution is -2.19. The zero-order valence-electron chi connectivity index (χ0n) is 8.76. The highest BCUT2D eigenvalue weighted by atomic mass is 35.5. The summed E-state index contributed by atoms with van der Waals surface area (Å²) in [7, 11) is 0. The molecular formula is C11H14Cl2OS. The molecule has 1 aromatic rings. The fourth-order valence-electron chi connectivity index (χ4n) is 0.999. The van der Waals surface area contributed by atoms with Gasteiger partial charge in [-0.25, -0.2) is 0 Å². The second kappa shape index (κ2) is 5.44. The number of thioether (sulfide) groups is 1. The van der Waals surface area contributed by atoms with Crippen LogP contribution in [0.5, 0.6) is 0 Å². The lowest BCUT2D eigenvalue weighted by atomic mass is 10.1. The fourth-order valence-corrected chi connectivity index (χ4v) is 2.75. The average molecular weight is 265 g/mol. The highest BCUT2D eigenvalue weighted by Gasteiger charge is 2.12. The molecule has 1 rings (SSSR count). The first kappa shape index (κ1) is 13.2. The van der Waals surface area contributed by atoms with Crippen LogP contribution in [0.25, 0.3) is 0 Å². The zero-order valence-corrected chi connectivity index (χ0v) is 11.1. The maximum absolute atomic E-state index is 9.55. The number of rotatable bonds is 4. The Balaban J connectivity index is 2.54. The monoisotopic (exact) mass is 264 g/mol. The van der Waals surface area contributed by atoms with Gasteiger partial charge in [0.1, 0.15) is 0 Å². The SMILES string of the molecule is CC(C)(O)CCSc1cc(Cl)ccc1Cl. The van der Waals surface area contributed by atoms with E-state index in [1.807, 2.05) is 6.07 Å². The van der Waals surface area contributed by atoms with E-state index in [1.54, 1.807) is 37.7 Å². The van der Waals surface area contributed by atoms with E-state index in [-0.39, 0.29) is 0 Å². The van der Waals surface area contributed by atoms with Crippen molar-refractivity contribution in [2.45, 2.75) is 30.8 Å². The molecule has 0 aliphatic heterocycles. The summed E-state index contributed by atoms with van der Waals surface area (Å²) < 4.78 is 0. The Morgan fingerprint density at radius 1 is 1.33 bits per heavy atom. The number of hydrogen-bond donors (Lipinski definition) is 1. The van der Waals surface area contributed by atoms with Crippen LogP contribution in [0.1, 0.15) is 20.3 Å². The second-order valence-electron chi connectivity index (χ2n) is 3.99. The van der Waals surface area contributed by atoms with E-state index < -0.39 is 5.60 Å². The first-order valence-corrected chi connectivity index (χ1v) is 6.43. The summed E-state index contributed by atoms with van der Waals surface area (Å²) in [5, 5.41) is 10.9. The molecule has 1 aromatic carbocycles. The standard InChI is InChI=1S/C11H14Cl2OS/c1-11(2,14)5-6-15-10-7-8(12)3-4-9(10)13/h3-4,7,14H,5-6H2,1-2H3. The minimum atomic E-state index is -0.627. The van der Waals surface area contributed by atoms with Crippen molar-refractivity contribution in [2.75, 3.05) is 5.75 Å². The summed E-state index contributed by atoms with van der Waals surface area (Å²) in [6.45, 7) is 3.60. The number of aliphatic hydroxyl groups is 1. The molecule has 0 radical (unpaired) electrons. The Labute approximate surface area is 105 Å². The quantitative estimate of drug-likeness (QED) is 0.821. The first-order valence-electron chi connectivity index (χ1n) is 4.69. The Hall–Kier alpha value is 0.110. The van der Waals surface area contributed by atoms with E-state index in [0.717, 1.165) is 17.1 Å². The third kappa shape index (κ3) is 5.12.